The van der Waals surface area contributed by atoms with Crippen molar-refractivity contribution in [1.29, 1.82) is 0 Å². The molecule has 2 aromatic heterocycles. The summed E-state index contributed by atoms with van der Waals surface area (Å²) in [6, 6.07) is 6.96. The lowest BCUT2D eigenvalue weighted by Crippen LogP contribution is -2.19. The summed E-state index contributed by atoms with van der Waals surface area (Å²) in [4.78, 5) is 16.8. The summed E-state index contributed by atoms with van der Waals surface area (Å²) in [5.74, 6) is -0.566. The molecule has 3 rings (SSSR count). The first-order valence-corrected chi connectivity index (χ1v) is 8.14. The summed E-state index contributed by atoms with van der Waals surface area (Å²) in [6.45, 7) is 3.66. The summed E-state index contributed by atoms with van der Waals surface area (Å²) in [6.07, 6.45) is -2.95. The molecule has 136 valence electrons. The highest BCUT2D eigenvalue weighted by Gasteiger charge is 2.34. The zero-order valence-electron chi connectivity index (χ0n) is 14.0. The molecule has 0 bridgehead atoms. The molecule has 0 aliphatic heterocycles. The lowest BCUT2D eigenvalue weighted by Gasteiger charge is -2.14. The SMILES string of the molecule is Cc1nc2c(C)cccn2c1CC(=O)Nc1ccc(Cl)cc1C(F)(F)F. The Bertz CT molecular complexity index is 995. The van der Waals surface area contributed by atoms with Crippen molar-refractivity contribution in [1.82, 2.24) is 9.38 Å². The van der Waals surface area contributed by atoms with E-state index in [9.17, 15) is 18.0 Å². The van der Waals surface area contributed by atoms with Crippen LogP contribution in [-0.2, 0) is 17.4 Å². The van der Waals surface area contributed by atoms with Crippen LogP contribution in [0.3, 0.4) is 0 Å². The van der Waals surface area contributed by atoms with Crippen molar-refractivity contribution in [2.75, 3.05) is 5.32 Å². The first-order chi connectivity index (χ1) is 12.2. The number of fused-ring (bicyclic) bond motifs is 1. The first-order valence-electron chi connectivity index (χ1n) is 7.76. The Morgan fingerprint density at radius 2 is 2.00 bits per heavy atom. The quantitative estimate of drug-likeness (QED) is 0.708. The molecule has 0 saturated heterocycles. The molecule has 1 N–H and O–H groups in total. The predicted molar refractivity (Wildman–Crippen MR) is 93.5 cm³/mol. The average Bonchev–Trinajstić information content (AvgIpc) is 2.86. The van der Waals surface area contributed by atoms with E-state index in [0.717, 1.165) is 23.3 Å². The van der Waals surface area contributed by atoms with Crippen molar-refractivity contribution in [3.63, 3.8) is 0 Å². The molecule has 0 aliphatic carbocycles. The van der Waals surface area contributed by atoms with Crippen LogP contribution in [0.15, 0.2) is 36.5 Å². The lowest BCUT2D eigenvalue weighted by atomic mass is 10.1. The van der Waals surface area contributed by atoms with Crippen LogP contribution in [0.25, 0.3) is 5.65 Å². The summed E-state index contributed by atoms with van der Waals surface area (Å²) in [7, 11) is 0. The van der Waals surface area contributed by atoms with Gasteiger partial charge < -0.3 is 9.72 Å². The Hall–Kier alpha value is -2.54. The molecule has 0 spiro atoms. The third-order valence-corrected chi connectivity index (χ3v) is 4.27. The second-order valence-electron chi connectivity index (χ2n) is 5.94. The number of alkyl halides is 3. The molecule has 0 atom stereocenters. The maximum absolute atomic E-state index is 13.1. The third-order valence-electron chi connectivity index (χ3n) is 4.03. The Balaban J connectivity index is 1.90. The number of anilines is 1. The van der Waals surface area contributed by atoms with Crippen LogP contribution in [0.4, 0.5) is 18.9 Å². The van der Waals surface area contributed by atoms with E-state index in [1.807, 2.05) is 19.1 Å². The monoisotopic (exact) mass is 381 g/mol. The van der Waals surface area contributed by atoms with Gasteiger partial charge in [0, 0.05) is 11.2 Å². The number of hydrogen-bond acceptors (Lipinski definition) is 2. The number of imidazole rings is 1. The predicted octanol–water partition coefficient (Wildman–Crippen LogP) is 4.80. The van der Waals surface area contributed by atoms with Crippen molar-refractivity contribution in [2.45, 2.75) is 26.4 Å². The number of carbonyl (C=O) groups is 1. The molecule has 26 heavy (non-hydrogen) atoms. The van der Waals surface area contributed by atoms with E-state index < -0.39 is 17.6 Å². The van der Waals surface area contributed by atoms with Crippen molar-refractivity contribution in [3.05, 3.63) is 64.1 Å². The largest absolute Gasteiger partial charge is 0.418 e. The number of nitrogens with one attached hydrogen (secondary N) is 1. The van der Waals surface area contributed by atoms with Gasteiger partial charge in [-0.25, -0.2) is 4.98 Å². The second-order valence-corrected chi connectivity index (χ2v) is 6.38. The van der Waals surface area contributed by atoms with Crippen molar-refractivity contribution in [2.24, 2.45) is 0 Å². The highest BCUT2D eigenvalue weighted by molar-refractivity contribution is 6.30. The summed E-state index contributed by atoms with van der Waals surface area (Å²) in [5, 5.41) is 2.28. The molecular weight excluding hydrogens is 367 g/mol. The average molecular weight is 382 g/mol. The fourth-order valence-electron chi connectivity index (χ4n) is 2.79. The van der Waals surface area contributed by atoms with Crippen LogP contribution in [0.5, 0.6) is 0 Å². The van der Waals surface area contributed by atoms with Gasteiger partial charge in [-0.05, 0) is 43.7 Å². The summed E-state index contributed by atoms with van der Waals surface area (Å²) in [5.41, 5.74) is 1.64. The molecule has 1 amide bonds. The van der Waals surface area contributed by atoms with Crippen LogP contribution < -0.4 is 5.32 Å². The zero-order valence-corrected chi connectivity index (χ0v) is 14.7. The topological polar surface area (TPSA) is 46.4 Å². The van der Waals surface area contributed by atoms with Gasteiger partial charge >= 0.3 is 6.18 Å². The van der Waals surface area contributed by atoms with Crippen molar-refractivity contribution >= 4 is 28.8 Å². The van der Waals surface area contributed by atoms with Crippen molar-refractivity contribution < 1.29 is 18.0 Å². The Kier molecular flexibility index (Phi) is 4.66. The van der Waals surface area contributed by atoms with Gasteiger partial charge in [-0.3, -0.25) is 4.79 Å². The first kappa shape index (κ1) is 18.3. The Labute approximate surface area is 152 Å². The molecule has 8 heteroatoms. The van der Waals surface area contributed by atoms with E-state index in [0.29, 0.717) is 11.4 Å². The summed E-state index contributed by atoms with van der Waals surface area (Å²) < 4.78 is 41.2. The van der Waals surface area contributed by atoms with E-state index >= 15 is 0 Å². The molecule has 0 radical (unpaired) electrons. The number of carbonyl (C=O) groups excluding carboxylic acids is 1. The maximum atomic E-state index is 13.1. The molecule has 0 unspecified atom stereocenters. The van der Waals surface area contributed by atoms with Crippen LogP contribution in [0.1, 0.15) is 22.5 Å². The molecule has 0 fully saturated rings. The molecule has 3 aromatic rings. The molecular formula is C18H15ClF3N3O. The molecule has 0 aliphatic rings. The number of pyridine rings is 1. The van der Waals surface area contributed by atoms with Gasteiger partial charge in [0.25, 0.3) is 0 Å². The highest BCUT2D eigenvalue weighted by atomic mass is 35.5. The van der Waals surface area contributed by atoms with Crippen LogP contribution in [-0.4, -0.2) is 15.3 Å². The van der Waals surface area contributed by atoms with E-state index in [1.165, 1.54) is 6.07 Å². The van der Waals surface area contributed by atoms with Gasteiger partial charge in [0.15, 0.2) is 0 Å². The number of benzene rings is 1. The van der Waals surface area contributed by atoms with Gasteiger partial charge in [-0.15, -0.1) is 0 Å². The normalized spacial score (nSPS) is 11.8. The zero-order chi connectivity index (χ0) is 19.1. The fraction of sp³-hybridized carbons (Fsp3) is 0.222. The van der Waals surface area contributed by atoms with Gasteiger partial charge in [-0.1, -0.05) is 17.7 Å². The number of rotatable bonds is 3. The van der Waals surface area contributed by atoms with Crippen LogP contribution in [0.2, 0.25) is 5.02 Å². The van der Waals surface area contributed by atoms with Crippen LogP contribution in [0, 0.1) is 13.8 Å². The van der Waals surface area contributed by atoms with Crippen molar-refractivity contribution in [3.8, 4) is 0 Å². The summed E-state index contributed by atoms with van der Waals surface area (Å²) >= 11 is 5.65. The fourth-order valence-corrected chi connectivity index (χ4v) is 2.96. The minimum atomic E-state index is -4.62. The molecule has 4 nitrogen and oxygen atoms in total. The van der Waals surface area contributed by atoms with Crippen LogP contribution >= 0.6 is 11.6 Å². The Morgan fingerprint density at radius 1 is 1.27 bits per heavy atom. The second kappa shape index (κ2) is 6.64. The van der Waals surface area contributed by atoms with E-state index in [1.54, 1.807) is 17.5 Å². The number of halogens is 4. The van der Waals surface area contributed by atoms with E-state index in [2.05, 4.69) is 10.3 Å². The molecule has 1 aromatic carbocycles. The number of aryl methyl sites for hydroxylation is 2. The van der Waals surface area contributed by atoms with Gasteiger partial charge in [-0.2, -0.15) is 13.2 Å². The number of amides is 1. The van der Waals surface area contributed by atoms with E-state index in [-0.39, 0.29) is 17.1 Å². The number of aromatic nitrogens is 2. The standard InChI is InChI=1S/C18H15ClF3N3O/c1-10-4-3-7-25-15(11(2)23-17(10)25)9-16(26)24-14-6-5-12(19)8-13(14)18(20,21)22/h3-8H,9H2,1-2H3,(H,24,26). The van der Waals surface area contributed by atoms with Gasteiger partial charge in [0.2, 0.25) is 5.91 Å². The highest BCUT2D eigenvalue weighted by Crippen LogP contribution is 2.36. The number of hydrogen-bond donors (Lipinski definition) is 1. The molecule has 0 saturated carbocycles. The minimum Gasteiger partial charge on any atom is -0.325 e. The smallest absolute Gasteiger partial charge is 0.325 e. The van der Waals surface area contributed by atoms with Gasteiger partial charge in [0.05, 0.1) is 29.1 Å². The van der Waals surface area contributed by atoms with Gasteiger partial charge in [0.1, 0.15) is 5.65 Å². The number of nitrogens with zero attached hydrogens (tertiary/aromatic N) is 2. The third kappa shape index (κ3) is 3.53. The lowest BCUT2D eigenvalue weighted by molar-refractivity contribution is -0.137. The maximum Gasteiger partial charge on any atom is 0.418 e. The molecule has 2 heterocycles. The Morgan fingerprint density at radius 3 is 2.69 bits per heavy atom. The minimum absolute atomic E-state index is 0.0524. The van der Waals surface area contributed by atoms with E-state index in [4.69, 9.17) is 11.6 Å².